The first-order valence-electron chi connectivity index (χ1n) is 7.63. The number of fused-ring (bicyclic) bond motifs is 1. The molecule has 0 bridgehead atoms. The smallest absolute Gasteiger partial charge is 0.0784 e. The minimum atomic E-state index is -0.0271. The van der Waals surface area contributed by atoms with Gasteiger partial charge in [-0.1, -0.05) is 44.3 Å². The molecule has 0 unspecified atom stereocenters. The Hall–Kier alpha value is -1.09. The van der Waals surface area contributed by atoms with E-state index in [0.29, 0.717) is 4.99 Å². The molecule has 2 N–H and O–H groups in total. The number of para-hydroxylation sites is 1. The van der Waals surface area contributed by atoms with Crippen molar-refractivity contribution in [2.45, 2.75) is 46.0 Å². The third kappa shape index (κ3) is 3.72. The molecular weight excluding hydrogens is 264 g/mol. The van der Waals surface area contributed by atoms with E-state index in [1.54, 1.807) is 0 Å². The Labute approximate surface area is 128 Å². The third-order valence-corrected chi connectivity index (χ3v) is 4.91. The number of thiocarbonyl (C=S) groups is 1. The van der Waals surface area contributed by atoms with Gasteiger partial charge in [0.25, 0.3) is 0 Å². The molecule has 0 atom stereocenters. The quantitative estimate of drug-likeness (QED) is 0.833. The lowest BCUT2D eigenvalue weighted by Gasteiger charge is -2.28. The molecule has 1 aliphatic rings. The molecule has 0 saturated carbocycles. The van der Waals surface area contributed by atoms with E-state index in [-0.39, 0.29) is 5.41 Å². The van der Waals surface area contributed by atoms with E-state index in [9.17, 15) is 0 Å². The van der Waals surface area contributed by atoms with Crippen molar-refractivity contribution in [2.75, 3.05) is 18.0 Å². The summed E-state index contributed by atoms with van der Waals surface area (Å²) in [5.74, 6) is 0. The third-order valence-electron chi connectivity index (χ3n) is 4.35. The molecule has 0 radical (unpaired) electrons. The van der Waals surface area contributed by atoms with E-state index < -0.39 is 0 Å². The average Bonchev–Trinajstić information content (AvgIpc) is 2.61. The molecule has 110 valence electrons. The van der Waals surface area contributed by atoms with Crippen LogP contribution in [0.25, 0.3) is 0 Å². The van der Waals surface area contributed by atoms with Gasteiger partial charge in [-0.3, -0.25) is 0 Å². The second-order valence-corrected chi connectivity index (χ2v) is 6.86. The Morgan fingerprint density at radius 1 is 1.30 bits per heavy atom. The lowest BCUT2D eigenvalue weighted by atomic mass is 9.88. The van der Waals surface area contributed by atoms with Gasteiger partial charge in [0.1, 0.15) is 0 Å². The van der Waals surface area contributed by atoms with Gasteiger partial charge in [0.2, 0.25) is 0 Å². The number of aryl methyl sites for hydroxylation is 1. The average molecular weight is 290 g/mol. The first kappa shape index (κ1) is 15.3. The minimum absolute atomic E-state index is 0.0271. The summed E-state index contributed by atoms with van der Waals surface area (Å²) in [6.45, 7) is 6.56. The van der Waals surface area contributed by atoms with Crippen LogP contribution in [-0.4, -0.2) is 18.1 Å². The van der Waals surface area contributed by atoms with Gasteiger partial charge in [0.15, 0.2) is 0 Å². The number of rotatable bonds is 5. The summed E-state index contributed by atoms with van der Waals surface area (Å²) in [5.41, 5.74) is 8.71. The highest BCUT2D eigenvalue weighted by atomic mass is 32.1. The molecule has 0 aromatic heterocycles. The highest BCUT2D eigenvalue weighted by Gasteiger charge is 2.22. The van der Waals surface area contributed by atoms with Crippen LogP contribution in [0.4, 0.5) is 5.69 Å². The normalized spacial score (nSPS) is 15.6. The van der Waals surface area contributed by atoms with Crippen LogP contribution < -0.4 is 10.6 Å². The Morgan fingerprint density at radius 3 is 2.80 bits per heavy atom. The summed E-state index contributed by atoms with van der Waals surface area (Å²) < 4.78 is 0. The highest BCUT2D eigenvalue weighted by Crippen LogP contribution is 2.28. The molecule has 1 aliphatic heterocycles. The van der Waals surface area contributed by atoms with Crippen LogP contribution >= 0.6 is 12.2 Å². The standard InChI is InChI=1S/C17H26N2S/c1-17(2,16(18)20)11-7-13-19-12-6-5-9-14-8-3-4-10-15(14)19/h3-4,8,10H,5-7,9,11-13H2,1-2H3,(H2,18,20). The van der Waals surface area contributed by atoms with Crippen LogP contribution in [0.1, 0.15) is 45.1 Å². The number of benzene rings is 1. The van der Waals surface area contributed by atoms with Gasteiger partial charge in [-0.25, -0.2) is 0 Å². The van der Waals surface area contributed by atoms with Crippen LogP contribution in [0.5, 0.6) is 0 Å². The molecule has 20 heavy (non-hydrogen) atoms. The topological polar surface area (TPSA) is 29.3 Å². The van der Waals surface area contributed by atoms with Crippen molar-refractivity contribution in [3.63, 3.8) is 0 Å². The minimum Gasteiger partial charge on any atom is -0.393 e. The maximum atomic E-state index is 5.81. The predicted molar refractivity (Wildman–Crippen MR) is 91.4 cm³/mol. The van der Waals surface area contributed by atoms with E-state index in [4.69, 9.17) is 18.0 Å². The molecule has 0 aliphatic carbocycles. The fraction of sp³-hybridized carbons (Fsp3) is 0.588. The summed E-state index contributed by atoms with van der Waals surface area (Å²) >= 11 is 5.15. The van der Waals surface area contributed by atoms with Gasteiger partial charge in [-0.15, -0.1) is 0 Å². The van der Waals surface area contributed by atoms with E-state index >= 15 is 0 Å². The highest BCUT2D eigenvalue weighted by molar-refractivity contribution is 7.80. The molecule has 0 amide bonds. The summed E-state index contributed by atoms with van der Waals surface area (Å²) in [6.07, 6.45) is 5.99. The summed E-state index contributed by atoms with van der Waals surface area (Å²) in [4.78, 5) is 3.17. The number of nitrogens with zero attached hydrogens (tertiary/aromatic N) is 1. The van der Waals surface area contributed by atoms with Crippen LogP contribution in [0.3, 0.4) is 0 Å². The largest absolute Gasteiger partial charge is 0.393 e. The van der Waals surface area contributed by atoms with Gasteiger partial charge in [-0.05, 0) is 43.7 Å². The van der Waals surface area contributed by atoms with Crippen LogP contribution in [-0.2, 0) is 6.42 Å². The Balaban J connectivity index is 1.98. The first-order chi connectivity index (χ1) is 9.50. The molecular formula is C17H26N2S. The van der Waals surface area contributed by atoms with Crippen molar-refractivity contribution in [3.8, 4) is 0 Å². The van der Waals surface area contributed by atoms with Gasteiger partial charge in [0.05, 0.1) is 4.99 Å². The monoisotopic (exact) mass is 290 g/mol. The molecule has 0 fully saturated rings. The van der Waals surface area contributed by atoms with Crippen LogP contribution in [0, 0.1) is 5.41 Å². The molecule has 0 spiro atoms. The van der Waals surface area contributed by atoms with E-state index in [0.717, 1.165) is 19.4 Å². The molecule has 1 aromatic rings. The van der Waals surface area contributed by atoms with Gasteiger partial charge in [0, 0.05) is 24.2 Å². The fourth-order valence-electron chi connectivity index (χ4n) is 2.84. The zero-order chi connectivity index (χ0) is 14.6. The van der Waals surface area contributed by atoms with E-state index in [1.807, 2.05) is 0 Å². The molecule has 3 heteroatoms. The van der Waals surface area contributed by atoms with Gasteiger partial charge >= 0.3 is 0 Å². The molecule has 1 heterocycles. The first-order valence-corrected chi connectivity index (χ1v) is 8.04. The second-order valence-electron chi connectivity index (χ2n) is 6.42. The Bertz CT molecular complexity index is 468. The molecule has 0 saturated heterocycles. The van der Waals surface area contributed by atoms with Gasteiger partial charge in [-0.2, -0.15) is 0 Å². The zero-order valence-corrected chi connectivity index (χ0v) is 13.5. The summed E-state index contributed by atoms with van der Waals surface area (Å²) in [7, 11) is 0. The van der Waals surface area contributed by atoms with Crippen LogP contribution in [0.15, 0.2) is 24.3 Å². The van der Waals surface area contributed by atoms with E-state index in [1.165, 1.54) is 37.1 Å². The van der Waals surface area contributed by atoms with Crippen LogP contribution in [0.2, 0.25) is 0 Å². The zero-order valence-electron chi connectivity index (χ0n) is 12.7. The van der Waals surface area contributed by atoms with Crippen molar-refractivity contribution in [1.82, 2.24) is 0 Å². The number of hydrogen-bond donors (Lipinski definition) is 1. The summed E-state index contributed by atoms with van der Waals surface area (Å²) in [5, 5.41) is 0. The number of anilines is 1. The fourth-order valence-corrected chi connectivity index (χ4v) is 2.94. The molecule has 1 aromatic carbocycles. The number of nitrogens with two attached hydrogens (primary N) is 1. The van der Waals surface area contributed by atoms with Gasteiger partial charge < -0.3 is 10.6 Å². The second kappa shape index (κ2) is 6.57. The van der Waals surface area contributed by atoms with Crippen molar-refractivity contribution in [1.29, 1.82) is 0 Å². The van der Waals surface area contributed by atoms with E-state index in [2.05, 4.69) is 43.0 Å². The number of hydrogen-bond acceptors (Lipinski definition) is 2. The maximum Gasteiger partial charge on any atom is 0.0784 e. The predicted octanol–water partition coefficient (Wildman–Crippen LogP) is 3.92. The molecule has 2 rings (SSSR count). The lowest BCUT2D eigenvalue weighted by molar-refractivity contribution is 0.458. The SMILES string of the molecule is CC(C)(CCCN1CCCCc2ccccc21)C(N)=S. The maximum absolute atomic E-state index is 5.81. The lowest BCUT2D eigenvalue weighted by Crippen LogP contribution is -2.32. The van der Waals surface area contributed by atoms with Crippen molar-refractivity contribution in [3.05, 3.63) is 29.8 Å². The Morgan fingerprint density at radius 2 is 2.05 bits per heavy atom. The summed E-state index contributed by atoms with van der Waals surface area (Å²) in [6, 6.07) is 8.83. The van der Waals surface area contributed by atoms with Crippen molar-refractivity contribution < 1.29 is 0 Å². The molecule has 2 nitrogen and oxygen atoms in total. The van der Waals surface area contributed by atoms with Crippen molar-refractivity contribution >= 4 is 22.9 Å². The Kier molecular flexibility index (Phi) is 5.03. The van der Waals surface area contributed by atoms with Crippen molar-refractivity contribution in [2.24, 2.45) is 11.1 Å².